The highest BCUT2D eigenvalue weighted by Gasteiger charge is 2.48. The Labute approximate surface area is 355 Å². The van der Waals surface area contributed by atoms with Crippen LogP contribution in [0, 0.1) is 13.8 Å². The zero-order chi connectivity index (χ0) is 41.2. The molecule has 0 aliphatic heterocycles. The molecule has 0 aromatic heterocycles. The Morgan fingerprint density at radius 1 is 0.655 bits per heavy atom. The number of rotatable bonds is 11. The van der Waals surface area contributed by atoms with Crippen LogP contribution in [0.15, 0.2) is 81.7 Å². The summed E-state index contributed by atoms with van der Waals surface area (Å²) in [7, 11) is 0. The molecule has 0 radical (unpaired) electrons. The fourth-order valence-corrected chi connectivity index (χ4v) is 9.21. The number of ether oxygens (including phenoxy) is 3. The number of benzene rings is 4. The molecule has 0 bridgehead atoms. The summed E-state index contributed by atoms with van der Waals surface area (Å²) in [5, 5.41) is 15.8. The van der Waals surface area contributed by atoms with Crippen LogP contribution in [0.5, 0.6) is 11.5 Å². The monoisotopic (exact) mass is 914 g/mol. The molecule has 0 heterocycles. The van der Waals surface area contributed by atoms with Crippen LogP contribution >= 0.6 is 31.9 Å². The molecule has 2 amide bonds. The summed E-state index contributed by atoms with van der Waals surface area (Å²) in [6.07, 6.45) is 7.87. The van der Waals surface area contributed by atoms with E-state index in [-0.39, 0.29) is 37.6 Å². The van der Waals surface area contributed by atoms with E-state index < -0.39 is 28.9 Å². The second-order valence-electron chi connectivity index (χ2n) is 15.9. The molecular formula is C46H48Br2N2O8. The Bertz CT molecular complexity index is 2200. The summed E-state index contributed by atoms with van der Waals surface area (Å²) in [5.41, 5.74) is 4.13. The standard InChI is InChI=1S/C24H26BrNO4.C22H22BrNO4/c1-3-29-23(28)24(13-16-7-4-5-8-17(16)14-24)26-22(27)20-12-18(25)11-15(2)21(20)30-19-9-6-10-19;1-13-9-16(23)10-18(19(13)28-17-7-4-8-17)20(25)24-22(21(26)27)11-14-5-2-3-6-15(14)12-22/h4-5,7-8,11-12,19H,3,6,9-10,13-14H2,1-2H3,(H,26,27);2-3,5-6,9-10,17H,4,7-8,11-12H2,1H3,(H,24,25)(H,26,27). The molecule has 58 heavy (non-hydrogen) atoms. The first-order chi connectivity index (χ1) is 27.8. The number of carbonyl (C=O) groups excluding carboxylic acids is 3. The number of carboxylic acid groups (broad SMARTS) is 1. The van der Waals surface area contributed by atoms with Crippen molar-refractivity contribution in [1.82, 2.24) is 10.6 Å². The number of nitrogens with one attached hydrogen (secondary N) is 2. The Hall–Kier alpha value is -4.68. The summed E-state index contributed by atoms with van der Waals surface area (Å²) >= 11 is 6.93. The van der Waals surface area contributed by atoms with Gasteiger partial charge in [-0.2, -0.15) is 0 Å². The molecule has 3 N–H and O–H groups in total. The molecular weight excluding hydrogens is 868 g/mol. The van der Waals surface area contributed by atoms with E-state index in [0.29, 0.717) is 35.5 Å². The van der Waals surface area contributed by atoms with Gasteiger partial charge in [0.05, 0.1) is 29.9 Å². The van der Waals surface area contributed by atoms with Gasteiger partial charge in [-0.3, -0.25) is 9.59 Å². The number of carboxylic acids is 1. The average molecular weight is 917 g/mol. The predicted octanol–water partition coefficient (Wildman–Crippen LogP) is 8.56. The van der Waals surface area contributed by atoms with Crippen LogP contribution in [0.1, 0.15) is 99.5 Å². The molecule has 10 nitrogen and oxygen atoms in total. The van der Waals surface area contributed by atoms with Gasteiger partial charge in [-0.1, -0.05) is 80.4 Å². The molecule has 4 aliphatic rings. The molecule has 12 heteroatoms. The number of fused-ring (bicyclic) bond motifs is 2. The molecule has 2 saturated carbocycles. The Balaban J connectivity index is 0.000000177. The minimum Gasteiger partial charge on any atom is -0.489 e. The molecule has 304 valence electrons. The molecule has 4 aliphatic carbocycles. The highest BCUT2D eigenvalue weighted by molar-refractivity contribution is 9.10. The highest BCUT2D eigenvalue weighted by atomic mass is 79.9. The van der Waals surface area contributed by atoms with Gasteiger partial charge in [0.1, 0.15) is 22.6 Å². The largest absolute Gasteiger partial charge is 0.489 e. The second kappa shape index (κ2) is 17.3. The van der Waals surface area contributed by atoms with Gasteiger partial charge < -0.3 is 30.0 Å². The predicted molar refractivity (Wildman–Crippen MR) is 227 cm³/mol. The smallest absolute Gasteiger partial charge is 0.332 e. The number of hydrogen-bond acceptors (Lipinski definition) is 7. The molecule has 0 unspecified atom stereocenters. The lowest BCUT2D eigenvalue weighted by Crippen LogP contribution is -2.56. The van der Waals surface area contributed by atoms with Crippen molar-refractivity contribution in [3.8, 4) is 11.5 Å². The fourth-order valence-electron chi connectivity index (χ4n) is 8.07. The van der Waals surface area contributed by atoms with Crippen LogP contribution < -0.4 is 20.1 Å². The van der Waals surface area contributed by atoms with Gasteiger partial charge in [-0.25, -0.2) is 9.59 Å². The SMILES string of the molecule is CCOC(=O)C1(NC(=O)c2cc(Br)cc(C)c2OC2CCC2)Cc2ccccc2C1.Cc1cc(Br)cc(C(=O)NC2(C(=O)O)Cc3ccccc3C2)c1OC1CCC1. The van der Waals surface area contributed by atoms with E-state index in [1.165, 1.54) is 0 Å². The van der Waals surface area contributed by atoms with Crippen molar-refractivity contribution in [2.75, 3.05) is 6.61 Å². The Morgan fingerprint density at radius 2 is 1.03 bits per heavy atom. The van der Waals surface area contributed by atoms with Gasteiger partial charge in [0.15, 0.2) is 0 Å². The van der Waals surface area contributed by atoms with Crippen molar-refractivity contribution in [1.29, 1.82) is 0 Å². The van der Waals surface area contributed by atoms with Crippen molar-refractivity contribution >= 4 is 55.6 Å². The number of hydrogen-bond donors (Lipinski definition) is 3. The third kappa shape index (κ3) is 8.69. The van der Waals surface area contributed by atoms with E-state index in [1.807, 2.05) is 74.5 Å². The zero-order valence-corrected chi connectivity index (χ0v) is 36.1. The lowest BCUT2D eigenvalue weighted by Gasteiger charge is -2.30. The highest BCUT2D eigenvalue weighted by Crippen LogP contribution is 2.37. The van der Waals surface area contributed by atoms with Crippen LogP contribution in [0.25, 0.3) is 0 Å². The minimum atomic E-state index is -1.34. The topological polar surface area (TPSA) is 140 Å². The third-order valence-electron chi connectivity index (χ3n) is 11.6. The summed E-state index contributed by atoms with van der Waals surface area (Å²) in [6, 6.07) is 22.8. The van der Waals surface area contributed by atoms with Gasteiger partial charge in [0.2, 0.25) is 0 Å². The Kier molecular flexibility index (Phi) is 12.4. The van der Waals surface area contributed by atoms with Gasteiger partial charge in [0.25, 0.3) is 11.8 Å². The van der Waals surface area contributed by atoms with Gasteiger partial charge in [-0.15, -0.1) is 0 Å². The number of aryl methyl sites for hydroxylation is 2. The first-order valence-corrected chi connectivity index (χ1v) is 21.5. The maximum Gasteiger partial charge on any atom is 0.332 e. The summed E-state index contributed by atoms with van der Waals surface area (Å²) in [6.45, 7) is 5.87. The molecule has 2 fully saturated rings. The van der Waals surface area contributed by atoms with E-state index in [2.05, 4.69) is 42.5 Å². The van der Waals surface area contributed by atoms with Crippen molar-refractivity contribution in [3.63, 3.8) is 0 Å². The van der Waals surface area contributed by atoms with Crippen molar-refractivity contribution in [2.24, 2.45) is 0 Å². The van der Waals surface area contributed by atoms with E-state index >= 15 is 0 Å². The second-order valence-corrected chi connectivity index (χ2v) is 17.7. The molecule has 8 rings (SSSR count). The maximum atomic E-state index is 13.5. The van der Waals surface area contributed by atoms with Crippen LogP contribution in [0.2, 0.25) is 0 Å². The number of carbonyl (C=O) groups is 4. The number of amides is 2. The summed E-state index contributed by atoms with van der Waals surface area (Å²) in [4.78, 5) is 51.8. The molecule has 0 atom stereocenters. The van der Waals surface area contributed by atoms with Crippen LogP contribution in [-0.4, -0.2) is 58.8 Å². The lowest BCUT2D eigenvalue weighted by molar-refractivity contribution is -0.150. The van der Waals surface area contributed by atoms with E-state index in [1.54, 1.807) is 19.1 Å². The number of esters is 1. The third-order valence-corrected chi connectivity index (χ3v) is 12.5. The molecule has 0 spiro atoms. The zero-order valence-electron chi connectivity index (χ0n) is 32.9. The van der Waals surface area contributed by atoms with Gasteiger partial charge in [-0.05, 0) is 117 Å². The Morgan fingerprint density at radius 3 is 1.38 bits per heavy atom. The van der Waals surface area contributed by atoms with Crippen molar-refractivity contribution < 1.29 is 38.5 Å². The van der Waals surface area contributed by atoms with Crippen LogP contribution in [0.4, 0.5) is 0 Å². The van der Waals surface area contributed by atoms with Crippen molar-refractivity contribution in [2.45, 2.75) is 108 Å². The number of halogens is 2. The molecule has 4 aromatic rings. The molecule has 4 aromatic carbocycles. The summed E-state index contributed by atoms with van der Waals surface area (Å²) < 4.78 is 19.2. The van der Waals surface area contributed by atoms with E-state index in [4.69, 9.17) is 14.2 Å². The normalized spacial score (nSPS) is 17.3. The van der Waals surface area contributed by atoms with Gasteiger partial charge in [0, 0.05) is 34.6 Å². The summed E-state index contributed by atoms with van der Waals surface area (Å²) in [5.74, 6) is -1.03. The average Bonchev–Trinajstić information content (AvgIpc) is 3.72. The van der Waals surface area contributed by atoms with Crippen molar-refractivity contribution in [3.05, 3.63) is 126 Å². The van der Waals surface area contributed by atoms with Gasteiger partial charge >= 0.3 is 11.9 Å². The first-order valence-electron chi connectivity index (χ1n) is 19.9. The van der Waals surface area contributed by atoms with Crippen LogP contribution in [0.3, 0.4) is 0 Å². The van der Waals surface area contributed by atoms with Crippen LogP contribution in [-0.2, 0) is 40.0 Å². The maximum absolute atomic E-state index is 13.5. The molecule has 0 saturated heterocycles. The quantitative estimate of drug-likeness (QED) is 0.127. The van der Waals surface area contributed by atoms with E-state index in [0.717, 1.165) is 80.9 Å². The van der Waals surface area contributed by atoms with E-state index in [9.17, 15) is 24.3 Å². The fraction of sp³-hybridized carbons (Fsp3) is 0.391. The lowest BCUT2D eigenvalue weighted by atomic mass is 9.94. The minimum absolute atomic E-state index is 0.121. The number of aliphatic carboxylic acids is 1. The first kappa shape index (κ1) is 41.5.